The maximum absolute atomic E-state index is 3.12. The summed E-state index contributed by atoms with van der Waals surface area (Å²) < 4.78 is 0. The number of benzene rings is 2. The Labute approximate surface area is 133 Å². The second-order valence-electron chi connectivity index (χ2n) is 5.47. The minimum absolute atomic E-state index is 1.04. The summed E-state index contributed by atoms with van der Waals surface area (Å²) in [6.45, 7) is 8.42. The largest absolute Gasteiger partial charge is 0.0689 e. The van der Waals surface area contributed by atoms with Crippen LogP contribution in [0.15, 0.2) is 48.6 Å². The fraction of sp³-hybridized carbons (Fsp3) is 0.182. The van der Waals surface area contributed by atoms with E-state index in [2.05, 4.69) is 75.6 Å². The molecule has 2 aromatic rings. The Hall–Kier alpha value is -2.70. The average Bonchev–Trinajstić information content (AvgIpc) is 2.50. The molecule has 0 saturated heterocycles. The molecule has 0 heteroatoms. The highest BCUT2D eigenvalue weighted by Crippen LogP contribution is 2.09. The molecular formula is C22H20. The lowest BCUT2D eigenvalue weighted by atomic mass is 10.1. The van der Waals surface area contributed by atoms with Gasteiger partial charge in [0.25, 0.3) is 0 Å². The summed E-state index contributed by atoms with van der Waals surface area (Å²) in [6.07, 6.45) is 3.59. The molecule has 2 rings (SSSR count). The fourth-order valence-electron chi connectivity index (χ4n) is 1.97. The van der Waals surface area contributed by atoms with Crippen molar-refractivity contribution in [3.63, 3.8) is 0 Å². The van der Waals surface area contributed by atoms with Gasteiger partial charge in [0.05, 0.1) is 0 Å². The molecule has 0 aliphatic carbocycles. The van der Waals surface area contributed by atoms with Crippen molar-refractivity contribution in [2.24, 2.45) is 0 Å². The highest BCUT2D eigenvalue weighted by molar-refractivity contribution is 5.44. The van der Waals surface area contributed by atoms with E-state index in [-0.39, 0.29) is 0 Å². The van der Waals surface area contributed by atoms with Crippen LogP contribution in [-0.2, 0) is 0 Å². The summed E-state index contributed by atoms with van der Waals surface area (Å²) in [4.78, 5) is 0. The molecule has 22 heavy (non-hydrogen) atoms. The van der Waals surface area contributed by atoms with Crippen molar-refractivity contribution in [3.05, 3.63) is 81.9 Å². The maximum Gasteiger partial charge on any atom is 0.0251 e. The number of rotatable bonds is 0. The van der Waals surface area contributed by atoms with Gasteiger partial charge >= 0.3 is 0 Å². The molecule has 0 bridgehead atoms. The van der Waals surface area contributed by atoms with Crippen LogP contribution in [0.3, 0.4) is 0 Å². The molecule has 0 nitrogen and oxygen atoms in total. The minimum Gasteiger partial charge on any atom is -0.0689 e. The van der Waals surface area contributed by atoms with E-state index in [0.29, 0.717) is 0 Å². The summed E-state index contributed by atoms with van der Waals surface area (Å²) in [5.74, 6) is 12.3. The van der Waals surface area contributed by atoms with Crippen molar-refractivity contribution in [1.29, 1.82) is 0 Å². The van der Waals surface area contributed by atoms with E-state index in [0.717, 1.165) is 11.1 Å². The second-order valence-corrected chi connectivity index (χ2v) is 5.47. The lowest BCUT2D eigenvalue weighted by molar-refractivity contribution is 1.33. The molecule has 0 fully saturated rings. The van der Waals surface area contributed by atoms with Crippen LogP contribution in [0.5, 0.6) is 0 Å². The van der Waals surface area contributed by atoms with Crippen molar-refractivity contribution in [1.82, 2.24) is 0 Å². The first kappa shape index (κ1) is 15.7. The number of allylic oxidation sites excluding steroid dienone is 2. The van der Waals surface area contributed by atoms with Crippen LogP contribution in [0.2, 0.25) is 0 Å². The minimum atomic E-state index is 1.04. The van der Waals surface area contributed by atoms with Gasteiger partial charge in [-0.1, -0.05) is 35.8 Å². The molecule has 0 atom stereocenters. The van der Waals surface area contributed by atoms with Gasteiger partial charge in [0.2, 0.25) is 0 Å². The Morgan fingerprint density at radius 1 is 0.591 bits per heavy atom. The predicted octanol–water partition coefficient (Wildman–Crippen LogP) is 4.88. The van der Waals surface area contributed by atoms with Crippen LogP contribution >= 0.6 is 0 Å². The van der Waals surface area contributed by atoms with Crippen molar-refractivity contribution >= 4 is 0 Å². The van der Waals surface area contributed by atoms with E-state index in [1.54, 1.807) is 12.2 Å². The molecule has 2 aromatic carbocycles. The molecule has 0 saturated carbocycles. The van der Waals surface area contributed by atoms with Gasteiger partial charge in [0.1, 0.15) is 0 Å². The topological polar surface area (TPSA) is 0 Å². The summed E-state index contributed by atoms with van der Waals surface area (Å²) in [5, 5.41) is 0. The molecule has 0 N–H and O–H groups in total. The van der Waals surface area contributed by atoms with Crippen molar-refractivity contribution in [3.8, 4) is 23.7 Å². The predicted molar refractivity (Wildman–Crippen MR) is 94.7 cm³/mol. The van der Waals surface area contributed by atoms with Crippen LogP contribution in [-0.4, -0.2) is 0 Å². The molecular weight excluding hydrogens is 264 g/mol. The average molecular weight is 284 g/mol. The highest BCUT2D eigenvalue weighted by atomic mass is 14.0. The van der Waals surface area contributed by atoms with Crippen molar-refractivity contribution in [2.75, 3.05) is 0 Å². The molecule has 0 aromatic heterocycles. The zero-order valence-corrected chi connectivity index (χ0v) is 13.6. The van der Waals surface area contributed by atoms with Gasteiger partial charge in [0, 0.05) is 11.1 Å². The number of hydrogen-bond acceptors (Lipinski definition) is 0. The molecule has 0 unspecified atom stereocenters. The molecule has 0 heterocycles. The lowest BCUT2D eigenvalue weighted by Gasteiger charge is -1.98. The van der Waals surface area contributed by atoms with Gasteiger partial charge in [-0.3, -0.25) is 0 Å². The molecule has 108 valence electrons. The van der Waals surface area contributed by atoms with E-state index in [4.69, 9.17) is 0 Å². The van der Waals surface area contributed by atoms with Gasteiger partial charge in [-0.05, 0) is 86.4 Å². The van der Waals surface area contributed by atoms with E-state index < -0.39 is 0 Å². The molecule has 0 spiro atoms. The van der Waals surface area contributed by atoms with E-state index in [9.17, 15) is 0 Å². The maximum atomic E-state index is 3.12. The third-order valence-corrected chi connectivity index (χ3v) is 3.70. The first-order chi connectivity index (χ1) is 10.6. The Kier molecular flexibility index (Phi) is 5.24. The second kappa shape index (κ2) is 7.35. The summed E-state index contributed by atoms with van der Waals surface area (Å²) in [7, 11) is 0. The number of hydrogen-bond donors (Lipinski definition) is 0. The monoisotopic (exact) mass is 284 g/mol. The van der Waals surface area contributed by atoms with Crippen LogP contribution in [0.25, 0.3) is 0 Å². The first-order valence-corrected chi connectivity index (χ1v) is 7.39. The SMILES string of the molecule is Cc1ccc(C#CC=CC#Cc2ccc(C)c(C)c2)cc1C. The standard InChI is InChI=1S/C22H20/c1-17-11-13-21(15-19(17)3)9-7-5-6-8-10-22-14-12-18(2)20(4)16-22/h5-6,11-16H,1-4H3. The van der Waals surface area contributed by atoms with E-state index >= 15 is 0 Å². The highest BCUT2D eigenvalue weighted by Gasteiger charge is 1.92. The van der Waals surface area contributed by atoms with Gasteiger partial charge in [0.15, 0.2) is 0 Å². The van der Waals surface area contributed by atoms with Crippen LogP contribution in [0, 0.1) is 51.4 Å². The molecule has 0 aliphatic rings. The first-order valence-electron chi connectivity index (χ1n) is 7.39. The van der Waals surface area contributed by atoms with Crippen molar-refractivity contribution < 1.29 is 0 Å². The fourth-order valence-corrected chi connectivity index (χ4v) is 1.97. The Morgan fingerprint density at radius 2 is 1.00 bits per heavy atom. The zero-order valence-electron chi connectivity index (χ0n) is 13.6. The smallest absolute Gasteiger partial charge is 0.0251 e. The van der Waals surface area contributed by atoms with E-state index in [1.807, 2.05) is 12.1 Å². The van der Waals surface area contributed by atoms with Gasteiger partial charge < -0.3 is 0 Å². The summed E-state index contributed by atoms with van der Waals surface area (Å²) in [6, 6.07) is 12.5. The van der Waals surface area contributed by atoms with Crippen LogP contribution in [0.1, 0.15) is 33.4 Å². The third kappa shape index (κ3) is 4.41. The van der Waals surface area contributed by atoms with Crippen LogP contribution < -0.4 is 0 Å². The molecule has 0 aliphatic heterocycles. The zero-order chi connectivity index (χ0) is 15.9. The summed E-state index contributed by atoms with van der Waals surface area (Å²) >= 11 is 0. The number of aryl methyl sites for hydroxylation is 4. The molecule has 0 amide bonds. The summed E-state index contributed by atoms with van der Waals surface area (Å²) in [5.41, 5.74) is 7.20. The quantitative estimate of drug-likeness (QED) is 0.605. The van der Waals surface area contributed by atoms with Gasteiger partial charge in [-0.25, -0.2) is 0 Å². The molecule has 0 radical (unpaired) electrons. The lowest BCUT2D eigenvalue weighted by Crippen LogP contribution is -1.82. The Bertz CT molecular complexity index is 756. The van der Waals surface area contributed by atoms with Crippen LogP contribution in [0.4, 0.5) is 0 Å². The van der Waals surface area contributed by atoms with Gasteiger partial charge in [-0.2, -0.15) is 0 Å². The van der Waals surface area contributed by atoms with Crippen molar-refractivity contribution in [2.45, 2.75) is 27.7 Å². The Balaban J connectivity index is 2.02. The third-order valence-electron chi connectivity index (χ3n) is 3.70. The Morgan fingerprint density at radius 3 is 1.36 bits per heavy atom. The van der Waals surface area contributed by atoms with E-state index in [1.165, 1.54) is 22.3 Å². The van der Waals surface area contributed by atoms with Gasteiger partial charge in [-0.15, -0.1) is 0 Å². The normalized spacial score (nSPS) is 9.82.